The molecule has 8 heteroatoms. The standard InChI is InChI=1S/C34H42N4O4/c1-23(24-13-7-5-8-14-24)35-32(40)30-26-17-11-12-18-28(26)36-31(25-15-9-6-10-16-25)27(30)21-37-19-20-38(22-29(37)39)33(41)42-34(2,3)4/h6,9-12,15-18,23-24H,5,7-8,13-14,19-22H2,1-4H3,(H,35,40). The zero-order chi connectivity index (χ0) is 29.9. The molecule has 3 aromatic rings. The van der Waals surface area contributed by atoms with Crippen molar-refractivity contribution >= 4 is 28.8 Å². The van der Waals surface area contributed by atoms with Gasteiger partial charge in [-0.15, -0.1) is 0 Å². The largest absolute Gasteiger partial charge is 0.444 e. The number of benzene rings is 2. The molecule has 2 aromatic carbocycles. The summed E-state index contributed by atoms with van der Waals surface area (Å²) >= 11 is 0. The van der Waals surface area contributed by atoms with Gasteiger partial charge in [0, 0.05) is 42.2 Å². The van der Waals surface area contributed by atoms with E-state index in [0.717, 1.165) is 29.3 Å². The van der Waals surface area contributed by atoms with Crippen LogP contribution in [0.4, 0.5) is 4.79 Å². The molecule has 8 nitrogen and oxygen atoms in total. The van der Waals surface area contributed by atoms with Gasteiger partial charge in [0.15, 0.2) is 0 Å². The highest BCUT2D eigenvalue weighted by atomic mass is 16.6. The Labute approximate surface area is 248 Å². The first-order valence-corrected chi connectivity index (χ1v) is 15.1. The first-order valence-electron chi connectivity index (χ1n) is 15.1. The van der Waals surface area contributed by atoms with Crippen LogP contribution in [0.2, 0.25) is 0 Å². The van der Waals surface area contributed by atoms with Crippen molar-refractivity contribution < 1.29 is 19.1 Å². The van der Waals surface area contributed by atoms with Crippen LogP contribution in [0.5, 0.6) is 0 Å². The topological polar surface area (TPSA) is 91.8 Å². The zero-order valence-corrected chi connectivity index (χ0v) is 25.2. The van der Waals surface area contributed by atoms with Crippen molar-refractivity contribution in [2.75, 3.05) is 19.6 Å². The number of aromatic nitrogens is 1. The number of pyridine rings is 1. The van der Waals surface area contributed by atoms with E-state index < -0.39 is 11.7 Å². The van der Waals surface area contributed by atoms with E-state index >= 15 is 0 Å². The second-order valence-electron chi connectivity index (χ2n) is 12.6. The minimum absolute atomic E-state index is 0.0387. The maximum absolute atomic E-state index is 14.2. The highest BCUT2D eigenvalue weighted by Crippen LogP contribution is 2.33. The van der Waals surface area contributed by atoms with Crippen LogP contribution in [-0.4, -0.2) is 64.0 Å². The summed E-state index contributed by atoms with van der Waals surface area (Å²) in [7, 11) is 0. The van der Waals surface area contributed by atoms with E-state index in [2.05, 4.69) is 12.2 Å². The molecule has 1 aliphatic heterocycles. The summed E-state index contributed by atoms with van der Waals surface area (Å²) in [5.41, 5.74) is 2.93. The van der Waals surface area contributed by atoms with E-state index in [1.54, 1.807) is 4.90 Å². The summed E-state index contributed by atoms with van der Waals surface area (Å²) < 4.78 is 5.49. The Bertz CT molecular complexity index is 1440. The number of rotatable bonds is 6. The molecule has 5 rings (SSSR count). The molecule has 1 saturated carbocycles. The Morgan fingerprint density at radius 1 is 1.00 bits per heavy atom. The molecule has 1 aromatic heterocycles. The first kappa shape index (κ1) is 29.5. The predicted molar refractivity (Wildman–Crippen MR) is 164 cm³/mol. The average Bonchev–Trinajstić information content (AvgIpc) is 2.97. The van der Waals surface area contributed by atoms with Crippen LogP contribution < -0.4 is 5.32 Å². The number of nitrogens with one attached hydrogen (secondary N) is 1. The fourth-order valence-corrected chi connectivity index (χ4v) is 6.08. The molecule has 3 amide bonds. The third kappa shape index (κ3) is 6.75. The zero-order valence-electron chi connectivity index (χ0n) is 25.2. The molecule has 0 radical (unpaired) electrons. The molecule has 2 aliphatic rings. The van der Waals surface area contributed by atoms with Crippen molar-refractivity contribution in [1.29, 1.82) is 0 Å². The lowest BCUT2D eigenvalue weighted by Gasteiger charge is -2.36. The number of para-hydroxylation sites is 1. The molecule has 0 bridgehead atoms. The summed E-state index contributed by atoms with van der Waals surface area (Å²) in [5.74, 6) is 0.121. The normalized spacial score (nSPS) is 17.3. The third-order valence-corrected chi connectivity index (χ3v) is 8.30. The molecule has 2 fully saturated rings. The van der Waals surface area contributed by atoms with E-state index in [1.807, 2.05) is 75.4 Å². The molecule has 0 spiro atoms. The fraction of sp³-hybridized carbons (Fsp3) is 0.471. The van der Waals surface area contributed by atoms with Crippen LogP contribution in [0, 0.1) is 5.92 Å². The Morgan fingerprint density at radius 2 is 1.69 bits per heavy atom. The van der Waals surface area contributed by atoms with Gasteiger partial charge in [0.05, 0.1) is 16.8 Å². The van der Waals surface area contributed by atoms with E-state index in [1.165, 1.54) is 24.2 Å². The van der Waals surface area contributed by atoms with E-state index in [9.17, 15) is 14.4 Å². The molecular formula is C34H42N4O4. The van der Waals surface area contributed by atoms with Gasteiger partial charge in [-0.2, -0.15) is 0 Å². The van der Waals surface area contributed by atoms with Gasteiger partial charge in [-0.1, -0.05) is 67.8 Å². The van der Waals surface area contributed by atoms with Crippen LogP contribution in [0.1, 0.15) is 75.7 Å². The monoisotopic (exact) mass is 570 g/mol. The molecule has 1 saturated heterocycles. The lowest BCUT2D eigenvalue weighted by atomic mass is 9.84. The van der Waals surface area contributed by atoms with Gasteiger partial charge in [-0.3, -0.25) is 14.5 Å². The Balaban J connectivity index is 1.51. The maximum atomic E-state index is 14.2. The molecule has 1 unspecified atom stereocenters. The summed E-state index contributed by atoms with van der Waals surface area (Å²) in [4.78, 5) is 48.5. The van der Waals surface area contributed by atoms with Gasteiger partial charge in [-0.25, -0.2) is 9.78 Å². The van der Waals surface area contributed by atoms with E-state index in [-0.39, 0.29) is 30.9 Å². The predicted octanol–water partition coefficient (Wildman–Crippen LogP) is 6.18. The van der Waals surface area contributed by atoms with Gasteiger partial charge in [0.1, 0.15) is 12.1 Å². The first-order chi connectivity index (χ1) is 20.1. The molecule has 1 atom stereocenters. The van der Waals surface area contributed by atoms with Gasteiger partial charge >= 0.3 is 6.09 Å². The second kappa shape index (κ2) is 12.5. The summed E-state index contributed by atoms with van der Waals surface area (Å²) in [6.07, 6.45) is 5.40. The van der Waals surface area contributed by atoms with Crippen molar-refractivity contribution in [2.45, 2.75) is 78.0 Å². The van der Waals surface area contributed by atoms with Crippen LogP contribution in [-0.2, 0) is 16.1 Å². The maximum Gasteiger partial charge on any atom is 0.410 e. The molecule has 1 N–H and O–H groups in total. The highest BCUT2D eigenvalue weighted by Gasteiger charge is 2.33. The van der Waals surface area contributed by atoms with Crippen molar-refractivity contribution in [2.24, 2.45) is 5.92 Å². The molecule has 1 aliphatic carbocycles. The lowest BCUT2D eigenvalue weighted by molar-refractivity contribution is -0.136. The third-order valence-electron chi connectivity index (χ3n) is 8.30. The number of amides is 3. The highest BCUT2D eigenvalue weighted by molar-refractivity contribution is 6.09. The van der Waals surface area contributed by atoms with Gasteiger partial charge < -0.3 is 15.0 Å². The van der Waals surface area contributed by atoms with Crippen LogP contribution in [0.3, 0.4) is 0 Å². The van der Waals surface area contributed by atoms with E-state index in [0.29, 0.717) is 35.8 Å². The number of hydrogen-bond donors (Lipinski definition) is 1. The second-order valence-corrected chi connectivity index (χ2v) is 12.6. The van der Waals surface area contributed by atoms with Gasteiger partial charge in [0.25, 0.3) is 5.91 Å². The Hall–Kier alpha value is -3.94. The number of piperazine rings is 1. The summed E-state index contributed by atoms with van der Waals surface area (Å²) in [5, 5.41) is 4.09. The van der Waals surface area contributed by atoms with Crippen LogP contribution in [0.15, 0.2) is 54.6 Å². The van der Waals surface area contributed by atoms with E-state index in [4.69, 9.17) is 9.72 Å². The number of carbonyl (C=O) groups is 3. The number of hydrogen-bond acceptors (Lipinski definition) is 5. The number of fused-ring (bicyclic) bond motifs is 1. The quantitative estimate of drug-likeness (QED) is 0.382. The lowest BCUT2D eigenvalue weighted by Crippen LogP contribution is -2.53. The van der Waals surface area contributed by atoms with Crippen molar-refractivity contribution in [3.63, 3.8) is 0 Å². The number of carbonyl (C=O) groups excluding carboxylic acids is 3. The van der Waals surface area contributed by atoms with Crippen molar-refractivity contribution in [1.82, 2.24) is 20.1 Å². The molecule has 2 heterocycles. The van der Waals surface area contributed by atoms with Gasteiger partial charge in [0.2, 0.25) is 5.91 Å². The van der Waals surface area contributed by atoms with Crippen LogP contribution in [0.25, 0.3) is 22.2 Å². The summed E-state index contributed by atoms with van der Waals surface area (Å²) in [6.45, 7) is 8.35. The smallest absolute Gasteiger partial charge is 0.410 e. The van der Waals surface area contributed by atoms with Crippen molar-refractivity contribution in [3.8, 4) is 11.3 Å². The summed E-state index contributed by atoms with van der Waals surface area (Å²) in [6, 6.07) is 17.6. The molecule has 42 heavy (non-hydrogen) atoms. The van der Waals surface area contributed by atoms with Crippen molar-refractivity contribution in [3.05, 3.63) is 65.7 Å². The fourth-order valence-electron chi connectivity index (χ4n) is 6.08. The van der Waals surface area contributed by atoms with Crippen LogP contribution >= 0.6 is 0 Å². The Morgan fingerprint density at radius 3 is 2.38 bits per heavy atom. The minimum Gasteiger partial charge on any atom is -0.444 e. The van der Waals surface area contributed by atoms with Gasteiger partial charge in [-0.05, 0) is 52.5 Å². The Kier molecular flexibility index (Phi) is 8.80. The number of nitrogens with zero attached hydrogens (tertiary/aromatic N) is 3. The average molecular weight is 571 g/mol. The molecular weight excluding hydrogens is 528 g/mol. The minimum atomic E-state index is -0.643. The number of ether oxygens (including phenoxy) is 1. The SMILES string of the molecule is CC(NC(=O)c1c(CN2CCN(C(=O)OC(C)(C)C)CC2=O)c(-c2ccccc2)nc2ccccc12)C1CCCCC1. The molecule has 222 valence electrons.